The van der Waals surface area contributed by atoms with Crippen LogP contribution in [0.4, 0.5) is 0 Å². The van der Waals surface area contributed by atoms with Crippen LogP contribution >= 0.6 is 0 Å². The summed E-state index contributed by atoms with van der Waals surface area (Å²) in [7, 11) is 0. The van der Waals surface area contributed by atoms with E-state index in [0.717, 1.165) is 11.1 Å². The molecule has 0 aliphatic carbocycles. The van der Waals surface area contributed by atoms with Gasteiger partial charge in [-0.3, -0.25) is 0 Å². The second kappa shape index (κ2) is 4.44. The fraction of sp³-hybridized carbons (Fsp3) is 0.294. The van der Waals surface area contributed by atoms with Crippen molar-refractivity contribution in [2.75, 3.05) is 0 Å². The SMILES string of the molecule is Cc1cc(-c2nc3ncccc3o2)cc(C(C)(C)C)c1. The highest BCUT2D eigenvalue weighted by atomic mass is 16.3. The summed E-state index contributed by atoms with van der Waals surface area (Å²) in [6.07, 6.45) is 1.73. The van der Waals surface area contributed by atoms with Crippen LogP contribution in [0.15, 0.2) is 40.9 Å². The average molecular weight is 266 g/mol. The number of hydrogen-bond acceptors (Lipinski definition) is 3. The van der Waals surface area contributed by atoms with Crippen LogP contribution in [0.1, 0.15) is 31.9 Å². The first-order chi connectivity index (χ1) is 9.43. The predicted molar refractivity (Wildman–Crippen MR) is 80.7 cm³/mol. The molecule has 0 unspecified atom stereocenters. The van der Waals surface area contributed by atoms with Crippen LogP contribution in [0.25, 0.3) is 22.7 Å². The zero-order valence-corrected chi connectivity index (χ0v) is 12.3. The van der Waals surface area contributed by atoms with Gasteiger partial charge in [-0.15, -0.1) is 0 Å². The van der Waals surface area contributed by atoms with Crippen LogP contribution in [0, 0.1) is 6.92 Å². The molecule has 0 aliphatic rings. The molecule has 0 aliphatic heterocycles. The molecule has 0 atom stereocenters. The molecule has 3 nitrogen and oxygen atoms in total. The number of aryl methyl sites for hydroxylation is 1. The number of oxazole rings is 1. The summed E-state index contributed by atoms with van der Waals surface area (Å²) in [6.45, 7) is 8.72. The third-order valence-electron chi connectivity index (χ3n) is 3.36. The minimum atomic E-state index is 0.102. The van der Waals surface area contributed by atoms with Gasteiger partial charge in [0.05, 0.1) is 0 Å². The maximum atomic E-state index is 5.80. The molecule has 0 amide bonds. The maximum Gasteiger partial charge on any atom is 0.228 e. The van der Waals surface area contributed by atoms with Gasteiger partial charge in [0.1, 0.15) is 0 Å². The summed E-state index contributed by atoms with van der Waals surface area (Å²) < 4.78 is 5.80. The number of aromatic nitrogens is 2. The van der Waals surface area contributed by atoms with Crippen molar-refractivity contribution in [1.29, 1.82) is 0 Å². The van der Waals surface area contributed by atoms with Gasteiger partial charge in [-0.1, -0.05) is 32.4 Å². The molecule has 102 valence electrons. The smallest absolute Gasteiger partial charge is 0.228 e. The zero-order chi connectivity index (χ0) is 14.3. The quantitative estimate of drug-likeness (QED) is 0.651. The predicted octanol–water partition coefficient (Wildman–Crippen LogP) is 4.50. The summed E-state index contributed by atoms with van der Waals surface area (Å²) in [5.74, 6) is 0.632. The van der Waals surface area contributed by atoms with Gasteiger partial charge < -0.3 is 4.42 Å². The Morgan fingerprint density at radius 1 is 1.10 bits per heavy atom. The molecular weight excluding hydrogens is 248 g/mol. The molecule has 1 aromatic carbocycles. The Morgan fingerprint density at radius 3 is 2.60 bits per heavy atom. The van der Waals surface area contributed by atoms with Crippen molar-refractivity contribution >= 4 is 11.2 Å². The van der Waals surface area contributed by atoms with E-state index in [2.05, 4.69) is 55.9 Å². The second-order valence-electron chi connectivity index (χ2n) is 6.18. The molecule has 2 heterocycles. The summed E-state index contributed by atoms with van der Waals surface area (Å²) in [5.41, 5.74) is 4.98. The van der Waals surface area contributed by atoms with Gasteiger partial charge in [0.25, 0.3) is 0 Å². The van der Waals surface area contributed by atoms with Gasteiger partial charge >= 0.3 is 0 Å². The number of fused-ring (bicyclic) bond motifs is 1. The van der Waals surface area contributed by atoms with Gasteiger partial charge in [-0.05, 0) is 42.2 Å². The Balaban J connectivity index is 2.16. The third kappa shape index (κ3) is 2.31. The Hall–Kier alpha value is -2.16. The average Bonchev–Trinajstić information content (AvgIpc) is 2.80. The summed E-state index contributed by atoms with van der Waals surface area (Å²) in [5, 5.41) is 0. The molecule has 0 spiro atoms. The lowest BCUT2D eigenvalue weighted by atomic mass is 9.85. The van der Waals surface area contributed by atoms with Crippen LogP contribution in [-0.4, -0.2) is 9.97 Å². The zero-order valence-electron chi connectivity index (χ0n) is 12.3. The Labute approximate surface area is 118 Å². The Kier molecular flexibility index (Phi) is 2.85. The first-order valence-corrected chi connectivity index (χ1v) is 6.77. The monoisotopic (exact) mass is 266 g/mol. The molecule has 0 radical (unpaired) electrons. The number of rotatable bonds is 1. The fourth-order valence-corrected chi connectivity index (χ4v) is 2.23. The van der Waals surface area contributed by atoms with E-state index < -0.39 is 0 Å². The fourth-order valence-electron chi connectivity index (χ4n) is 2.23. The lowest BCUT2D eigenvalue weighted by Gasteiger charge is -2.20. The van der Waals surface area contributed by atoms with E-state index in [0.29, 0.717) is 11.5 Å². The van der Waals surface area contributed by atoms with Crippen molar-refractivity contribution in [2.45, 2.75) is 33.1 Å². The molecular formula is C17H18N2O. The van der Waals surface area contributed by atoms with Crippen LogP contribution < -0.4 is 0 Å². The first kappa shape index (κ1) is 12.9. The van der Waals surface area contributed by atoms with E-state index in [-0.39, 0.29) is 5.41 Å². The number of hydrogen-bond donors (Lipinski definition) is 0. The van der Waals surface area contributed by atoms with E-state index in [1.807, 2.05) is 12.1 Å². The summed E-state index contributed by atoms with van der Waals surface area (Å²) >= 11 is 0. The first-order valence-electron chi connectivity index (χ1n) is 6.77. The van der Waals surface area contributed by atoms with E-state index in [9.17, 15) is 0 Å². The van der Waals surface area contributed by atoms with Crippen LogP contribution in [0.3, 0.4) is 0 Å². The number of nitrogens with zero attached hydrogens (tertiary/aromatic N) is 2. The summed E-state index contributed by atoms with van der Waals surface area (Å²) in [6, 6.07) is 10.2. The van der Waals surface area contributed by atoms with E-state index in [4.69, 9.17) is 4.42 Å². The second-order valence-corrected chi connectivity index (χ2v) is 6.18. The molecule has 3 aromatic rings. The normalized spacial score (nSPS) is 12.0. The minimum Gasteiger partial charge on any atom is -0.434 e. The van der Waals surface area contributed by atoms with Crippen molar-refractivity contribution in [3.63, 3.8) is 0 Å². The van der Waals surface area contributed by atoms with Crippen molar-refractivity contribution in [1.82, 2.24) is 9.97 Å². The van der Waals surface area contributed by atoms with Crippen LogP contribution in [-0.2, 0) is 5.41 Å². The minimum absolute atomic E-state index is 0.102. The van der Waals surface area contributed by atoms with Gasteiger partial charge in [0.15, 0.2) is 11.2 Å². The van der Waals surface area contributed by atoms with Crippen LogP contribution in [0.2, 0.25) is 0 Å². The number of benzene rings is 1. The van der Waals surface area contributed by atoms with E-state index >= 15 is 0 Å². The molecule has 0 N–H and O–H groups in total. The third-order valence-corrected chi connectivity index (χ3v) is 3.36. The van der Waals surface area contributed by atoms with E-state index in [1.54, 1.807) is 6.20 Å². The summed E-state index contributed by atoms with van der Waals surface area (Å²) in [4.78, 5) is 8.69. The van der Waals surface area contributed by atoms with Gasteiger partial charge in [-0.25, -0.2) is 4.98 Å². The molecule has 0 fully saturated rings. The molecule has 2 aromatic heterocycles. The van der Waals surface area contributed by atoms with E-state index in [1.165, 1.54) is 11.1 Å². The topological polar surface area (TPSA) is 38.9 Å². The molecule has 20 heavy (non-hydrogen) atoms. The highest BCUT2D eigenvalue weighted by Gasteiger charge is 2.17. The lowest BCUT2D eigenvalue weighted by Crippen LogP contribution is -2.11. The number of pyridine rings is 1. The van der Waals surface area contributed by atoms with Gasteiger partial charge in [0.2, 0.25) is 5.89 Å². The molecule has 3 rings (SSSR count). The van der Waals surface area contributed by atoms with Gasteiger partial charge in [-0.2, -0.15) is 4.98 Å². The Bertz CT molecular complexity index is 733. The van der Waals surface area contributed by atoms with Crippen molar-refractivity contribution < 1.29 is 4.42 Å². The lowest BCUT2D eigenvalue weighted by molar-refractivity contribution is 0.588. The van der Waals surface area contributed by atoms with Crippen LogP contribution in [0.5, 0.6) is 0 Å². The van der Waals surface area contributed by atoms with Crippen molar-refractivity contribution in [3.8, 4) is 11.5 Å². The van der Waals surface area contributed by atoms with Gasteiger partial charge in [0, 0.05) is 11.8 Å². The standard InChI is InChI=1S/C17H18N2O/c1-11-8-12(10-13(9-11)17(2,3)4)16-19-15-14(20-16)6-5-7-18-15/h5-10H,1-4H3. The van der Waals surface area contributed by atoms with Crippen molar-refractivity contribution in [3.05, 3.63) is 47.7 Å². The highest BCUT2D eigenvalue weighted by molar-refractivity contribution is 5.72. The Morgan fingerprint density at radius 2 is 1.90 bits per heavy atom. The molecule has 3 heteroatoms. The van der Waals surface area contributed by atoms with Crippen molar-refractivity contribution in [2.24, 2.45) is 0 Å². The molecule has 0 saturated carbocycles. The molecule has 0 saturated heterocycles. The highest BCUT2D eigenvalue weighted by Crippen LogP contribution is 2.30. The molecule has 0 bridgehead atoms. The largest absolute Gasteiger partial charge is 0.434 e. The maximum absolute atomic E-state index is 5.80.